The highest BCUT2D eigenvalue weighted by Crippen LogP contribution is 2.02. The third kappa shape index (κ3) is 2.85. The van der Waals surface area contributed by atoms with E-state index >= 15 is 0 Å². The summed E-state index contributed by atoms with van der Waals surface area (Å²) >= 11 is 0. The van der Waals surface area contributed by atoms with Gasteiger partial charge in [0, 0.05) is 6.92 Å². The molecule has 1 amide bonds. The van der Waals surface area contributed by atoms with Crippen molar-refractivity contribution in [3.63, 3.8) is 0 Å². The SMILES string of the molecule is Cc1ncc(CNC(=O)C(C)(C)N)o1. The number of nitrogens with one attached hydrogen (secondary N) is 1. The molecule has 5 heteroatoms. The molecule has 0 radical (unpaired) electrons. The summed E-state index contributed by atoms with van der Waals surface area (Å²) in [6.45, 7) is 5.36. The lowest BCUT2D eigenvalue weighted by Gasteiger charge is -2.16. The summed E-state index contributed by atoms with van der Waals surface area (Å²) in [5.74, 6) is 0.993. The smallest absolute Gasteiger partial charge is 0.239 e. The second-order valence-corrected chi connectivity index (χ2v) is 3.75. The molecule has 0 spiro atoms. The van der Waals surface area contributed by atoms with Gasteiger partial charge in [-0.1, -0.05) is 0 Å². The van der Waals surface area contributed by atoms with Gasteiger partial charge in [0.1, 0.15) is 5.76 Å². The summed E-state index contributed by atoms with van der Waals surface area (Å²) in [5.41, 5.74) is 4.72. The van der Waals surface area contributed by atoms with Gasteiger partial charge in [0.05, 0.1) is 18.3 Å². The topological polar surface area (TPSA) is 81.2 Å². The van der Waals surface area contributed by atoms with E-state index < -0.39 is 5.54 Å². The molecule has 1 aromatic heterocycles. The first-order chi connectivity index (χ1) is 6.39. The van der Waals surface area contributed by atoms with Crippen LogP contribution >= 0.6 is 0 Å². The Balaban J connectivity index is 2.46. The number of carbonyl (C=O) groups is 1. The van der Waals surface area contributed by atoms with Gasteiger partial charge in [-0.25, -0.2) is 4.98 Å². The zero-order chi connectivity index (χ0) is 10.8. The number of hydrogen-bond donors (Lipinski definition) is 2. The first-order valence-corrected chi connectivity index (χ1v) is 4.38. The molecule has 0 aromatic carbocycles. The van der Waals surface area contributed by atoms with Crippen LogP contribution in [-0.2, 0) is 11.3 Å². The van der Waals surface area contributed by atoms with E-state index in [0.717, 1.165) is 0 Å². The van der Waals surface area contributed by atoms with Crippen LogP contribution in [0.15, 0.2) is 10.6 Å². The van der Waals surface area contributed by atoms with Crippen molar-refractivity contribution in [2.45, 2.75) is 32.9 Å². The second-order valence-electron chi connectivity index (χ2n) is 3.75. The van der Waals surface area contributed by atoms with Crippen LogP contribution in [0, 0.1) is 6.92 Å². The van der Waals surface area contributed by atoms with Gasteiger partial charge in [-0.3, -0.25) is 4.79 Å². The van der Waals surface area contributed by atoms with Crippen molar-refractivity contribution < 1.29 is 9.21 Å². The second kappa shape index (κ2) is 3.79. The predicted molar refractivity (Wildman–Crippen MR) is 51.4 cm³/mol. The van der Waals surface area contributed by atoms with E-state index in [2.05, 4.69) is 10.3 Å². The van der Waals surface area contributed by atoms with Gasteiger partial charge in [-0.05, 0) is 13.8 Å². The molecule has 0 fully saturated rings. The van der Waals surface area contributed by atoms with Crippen LogP contribution < -0.4 is 11.1 Å². The van der Waals surface area contributed by atoms with E-state index in [1.54, 1.807) is 27.0 Å². The third-order valence-electron chi connectivity index (χ3n) is 1.68. The van der Waals surface area contributed by atoms with Gasteiger partial charge in [-0.2, -0.15) is 0 Å². The Morgan fingerprint density at radius 3 is 2.79 bits per heavy atom. The van der Waals surface area contributed by atoms with Crippen LogP contribution in [0.3, 0.4) is 0 Å². The van der Waals surface area contributed by atoms with Gasteiger partial charge >= 0.3 is 0 Å². The molecule has 0 saturated carbocycles. The van der Waals surface area contributed by atoms with E-state index in [4.69, 9.17) is 10.2 Å². The van der Waals surface area contributed by atoms with Crippen molar-refractivity contribution in [3.8, 4) is 0 Å². The normalized spacial score (nSPS) is 11.4. The van der Waals surface area contributed by atoms with Crippen LogP contribution in [-0.4, -0.2) is 16.4 Å². The summed E-state index contributed by atoms with van der Waals surface area (Å²) in [5, 5.41) is 2.65. The number of aromatic nitrogens is 1. The minimum Gasteiger partial charge on any atom is -0.444 e. The molecule has 0 saturated heterocycles. The van der Waals surface area contributed by atoms with Gasteiger partial charge in [0.25, 0.3) is 0 Å². The Kier molecular flexibility index (Phi) is 2.90. The van der Waals surface area contributed by atoms with Gasteiger partial charge in [0.2, 0.25) is 5.91 Å². The van der Waals surface area contributed by atoms with Crippen molar-refractivity contribution in [1.29, 1.82) is 0 Å². The zero-order valence-corrected chi connectivity index (χ0v) is 8.63. The number of carbonyl (C=O) groups excluding carboxylic acids is 1. The molecular weight excluding hydrogens is 182 g/mol. The van der Waals surface area contributed by atoms with Crippen molar-refractivity contribution in [2.24, 2.45) is 5.73 Å². The number of nitrogens with two attached hydrogens (primary N) is 1. The number of nitrogens with zero attached hydrogens (tertiary/aromatic N) is 1. The molecule has 5 nitrogen and oxygen atoms in total. The van der Waals surface area contributed by atoms with E-state index in [9.17, 15) is 4.79 Å². The van der Waals surface area contributed by atoms with E-state index in [0.29, 0.717) is 18.2 Å². The molecule has 0 aliphatic carbocycles. The van der Waals surface area contributed by atoms with Gasteiger partial charge in [0.15, 0.2) is 5.89 Å². The highest BCUT2D eigenvalue weighted by Gasteiger charge is 2.21. The molecule has 1 rings (SSSR count). The van der Waals surface area contributed by atoms with E-state index in [-0.39, 0.29) is 5.91 Å². The fraction of sp³-hybridized carbons (Fsp3) is 0.556. The average molecular weight is 197 g/mol. The maximum Gasteiger partial charge on any atom is 0.239 e. The quantitative estimate of drug-likeness (QED) is 0.732. The number of aryl methyl sites for hydroxylation is 1. The highest BCUT2D eigenvalue weighted by atomic mass is 16.4. The standard InChI is InChI=1S/C9H15N3O2/c1-6-11-4-7(14-6)5-12-8(13)9(2,3)10/h4H,5,10H2,1-3H3,(H,12,13). The zero-order valence-electron chi connectivity index (χ0n) is 8.63. The van der Waals surface area contributed by atoms with Gasteiger partial charge in [-0.15, -0.1) is 0 Å². The maximum absolute atomic E-state index is 11.3. The lowest BCUT2D eigenvalue weighted by Crippen LogP contribution is -2.48. The summed E-state index contributed by atoms with van der Waals surface area (Å²) in [4.78, 5) is 15.3. The van der Waals surface area contributed by atoms with E-state index in [1.165, 1.54) is 0 Å². The Morgan fingerprint density at radius 1 is 1.71 bits per heavy atom. The number of amides is 1. The Hall–Kier alpha value is -1.36. The molecule has 0 aliphatic heterocycles. The summed E-state index contributed by atoms with van der Waals surface area (Å²) < 4.78 is 5.18. The molecule has 78 valence electrons. The monoisotopic (exact) mass is 197 g/mol. The molecule has 0 bridgehead atoms. The van der Waals surface area contributed by atoms with Crippen molar-refractivity contribution >= 4 is 5.91 Å². The van der Waals surface area contributed by atoms with Gasteiger partial charge < -0.3 is 15.5 Å². The van der Waals surface area contributed by atoms with Crippen molar-refractivity contribution in [3.05, 3.63) is 17.8 Å². The largest absolute Gasteiger partial charge is 0.444 e. The molecule has 0 unspecified atom stereocenters. The Labute approximate surface area is 82.7 Å². The summed E-state index contributed by atoms with van der Waals surface area (Å²) in [7, 11) is 0. The molecular formula is C9H15N3O2. The lowest BCUT2D eigenvalue weighted by molar-refractivity contribution is -0.125. The van der Waals surface area contributed by atoms with Crippen LogP contribution in [0.25, 0.3) is 0 Å². The minimum atomic E-state index is -0.866. The molecule has 0 aliphatic rings. The fourth-order valence-corrected chi connectivity index (χ4v) is 0.882. The van der Waals surface area contributed by atoms with Crippen LogP contribution in [0.1, 0.15) is 25.5 Å². The van der Waals surface area contributed by atoms with Crippen molar-refractivity contribution in [2.75, 3.05) is 0 Å². The van der Waals surface area contributed by atoms with Crippen LogP contribution in [0.4, 0.5) is 0 Å². The maximum atomic E-state index is 11.3. The molecule has 0 atom stereocenters. The third-order valence-corrected chi connectivity index (χ3v) is 1.68. The Morgan fingerprint density at radius 2 is 2.36 bits per heavy atom. The molecule has 14 heavy (non-hydrogen) atoms. The highest BCUT2D eigenvalue weighted by molar-refractivity contribution is 5.84. The predicted octanol–water partition coefficient (Wildman–Crippen LogP) is 0.337. The molecule has 3 N–H and O–H groups in total. The summed E-state index contributed by atoms with van der Waals surface area (Å²) in [6, 6.07) is 0. The lowest BCUT2D eigenvalue weighted by atomic mass is 10.1. The molecule has 1 heterocycles. The first kappa shape index (κ1) is 10.7. The minimum absolute atomic E-state index is 0.216. The first-order valence-electron chi connectivity index (χ1n) is 4.38. The Bertz CT molecular complexity index is 325. The van der Waals surface area contributed by atoms with Crippen molar-refractivity contribution in [1.82, 2.24) is 10.3 Å². The number of oxazole rings is 1. The average Bonchev–Trinajstić information content (AvgIpc) is 2.45. The fourth-order valence-electron chi connectivity index (χ4n) is 0.882. The molecule has 1 aromatic rings. The number of rotatable bonds is 3. The van der Waals surface area contributed by atoms with E-state index in [1.807, 2.05) is 0 Å². The van der Waals surface area contributed by atoms with Crippen LogP contribution in [0.2, 0.25) is 0 Å². The number of hydrogen-bond acceptors (Lipinski definition) is 4. The van der Waals surface area contributed by atoms with Crippen LogP contribution in [0.5, 0.6) is 0 Å². The summed E-state index contributed by atoms with van der Waals surface area (Å²) in [6.07, 6.45) is 1.58.